The Morgan fingerprint density at radius 3 is 2.35 bits per heavy atom. The van der Waals surface area contributed by atoms with Gasteiger partial charge in [-0.2, -0.15) is 0 Å². The summed E-state index contributed by atoms with van der Waals surface area (Å²) in [5, 5.41) is 10.9. The number of rotatable bonds is 8. The number of nitrogens with zero attached hydrogens (tertiary/aromatic N) is 2. The molecule has 0 aliphatic carbocycles. The lowest BCUT2D eigenvalue weighted by Gasteiger charge is -2.10. The molecule has 0 bridgehead atoms. The second-order valence-electron chi connectivity index (χ2n) is 6.69. The molecule has 7 nitrogen and oxygen atoms in total. The third-order valence-electron chi connectivity index (χ3n) is 4.49. The van der Waals surface area contributed by atoms with E-state index in [9.17, 15) is 4.79 Å². The van der Waals surface area contributed by atoms with Crippen LogP contribution in [0.5, 0.6) is 17.2 Å². The summed E-state index contributed by atoms with van der Waals surface area (Å²) < 4.78 is 16.8. The van der Waals surface area contributed by atoms with Crippen LogP contribution in [0.4, 0.5) is 5.69 Å². The van der Waals surface area contributed by atoms with Gasteiger partial charge >= 0.3 is 0 Å². The lowest BCUT2D eigenvalue weighted by atomic mass is 10.2. The number of hydrogen-bond donors (Lipinski definition) is 1. The number of hydrogen-bond acceptors (Lipinski definition) is 6. The highest BCUT2D eigenvalue weighted by Crippen LogP contribution is 2.31. The fourth-order valence-corrected chi connectivity index (χ4v) is 2.93. The van der Waals surface area contributed by atoms with E-state index < -0.39 is 0 Å². The summed E-state index contributed by atoms with van der Waals surface area (Å²) in [6.07, 6.45) is 0.594. The van der Waals surface area contributed by atoms with Crippen molar-refractivity contribution in [3.63, 3.8) is 0 Å². The van der Waals surface area contributed by atoms with Crippen LogP contribution < -0.4 is 14.8 Å². The number of anilines is 1. The molecule has 1 N–H and O–H groups in total. The van der Waals surface area contributed by atoms with Gasteiger partial charge in [-0.15, -0.1) is 10.2 Å². The van der Waals surface area contributed by atoms with Crippen LogP contribution in [0.2, 0.25) is 0 Å². The Kier molecular flexibility index (Phi) is 6.23. The number of ether oxygens (including phenoxy) is 2. The lowest BCUT2D eigenvalue weighted by Crippen LogP contribution is -2.12. The molecule has 156 valence electrons. The van der Waals surface area contributed by atoms with E-state index in [4.69, 9.17) is 13.9 Å². The Bertz CT molecular complexity index is 1140. The van der Waals surface area contributed by atoms with Crippen LogP contribution in [0.3, 0.4) is 0 Å². The molecule has 7 heteroatoms. The normalized spacial score (nSPS) is 10.5. The number of aromatic nitrogens is 2. The van der Waals surface area contributed by atoms with Gasteiger partial charge in [-0.25, -0.2) is 0 Å². The monoisotopic (exact) mass is 415 g/mol. The van der Waals surface area contributed by atoms with Crippen molar-refractivity contribution in [3.8, 4) is 28.7 Å². The van der Waals surface area contributed by atoms with Gasteiger partial charge in [0, 0.05) is 24.1 Å². The Morgan fingerprint density at radius 1 is 0.903 bits per heavy atom. The molecule has 31 heavy (non-hydrogen) atoms. The quantitative estimate of drug-likeness (QED) is 0.430. The van der Waals surface area contributed by atoms with Crippen LogP contribution in [0.25, 0.3) is 11.5 Å². The summed E-state index contributed by atoms with van der Waals surface area (Å²) in [6, 6.07) is 24.0. The fraction of sp³-hybridized carbons (Fsp3) is 0.125. The van der Waals surface area contributed by atoms with Crippen molar-refractivity contribution in [1.29, 1.82) is 0 Å². The first-order valence-corrected chi connectivity index (χ1v) is 9.80. The van der Waals surface area contributed by atoms with E-state index in [1.165, 1.54) is 0 Å². The van der Waals surface area contributed by atoms with Gasteiger partial charge < -0.3 is 19.2 Å². The molecule has 3 aromatic carbocycles. The molecule has 0 unspecified atom stereocenters. The van der Waals surface area contributed by atoms with E-state index in [-0.39, 0.29) is 12.3 Å². The number of benzene rings is 3. The van der Waals surface area contributed by atoms with Crippen LogP contribution >= 0.6 is 0 Å². The molecule has 4 aromatic rings. The van der Waals surface area contributed by atoms with Crippen LogP contribution in [-0.4, -0.2) is 23.2 Å². The summed E-state index contributed by atoms with van der Waals surface area (Å²) in [4.78, 5) is 12.3. The molecule has 0 fully saturated rings. The average Bonchev–Trinajstić information content (AvgIpc) is 3.29. The molecule has 0 radical (unpaired) electrons. The number of carbonyl (C=O) groups is 1. The van der Waals surface area contributed by atoms with Crippen molar-refractivity contribution in [2.24, 2.45) is 0 Å². The molecule has 1 amide bonds. The first-order chi connectivity index (χ1) is 15.2. The van der Waals surface area contributed by atoms with Gasteiger partial charge in [0.15, 0.2) is 11.5 Å². The number of nitrogens with one attached hydrogen (secondary N) is 1. The molecule has 0 aliphatic heterocycles. The topological polar surface area (TPSA) is 86.5 Å². The molecule has 4 rings (SSSR count). The van der Waals surface area contributed by atoms with E-state index in [1.54, 1.807) is 31.4 Å². The SMILES string of the molecule is COc1ccccc1Oc1ccc(NC(=O)CCc2nnc(-c3ccccc3)o2)cc1. The zero-order valence-corrected chi connectivity index (χ0v) is 16.9. The maximum atomic E-state index is 12.3. The first kappa shape index (κ1) is 20.2. The van der Waals surface area contributed by atoms with Crippen molar-refractivity contribution in [1.82, 2.24) is 10.2 Å². The van der Waals surface area contributed by atoms with E-state index in [0.29, 0.717) is 41.1 Å². The minimum absolute atomic E-state index is 0.141. The Morgan fingerprint density at radius 2 is 1.61 bits per heavy atom. The highest BCUT2D eigenvalue weighted by atomic mass is 16.5. The summed E-state index contributed by atoms with van der Waals surface area (Å²) in [7, 11) is 1.59. The maximum absolute atomic E-state index is 12.3. The second kappa shape index (κ2) is 9.58. The zero-order chi connectivity index (χ0) is 21.5. The minimum atomic E-state index is -0.141. The summed E-state index contributed by atoms with van der Waals surface area (Å²) in [5.41, 5.74) is 1.52. The van der Waals surface area contributed by atoms with Crippen molar-refractivity contribution >= 4 is 11.6 Å². The maximum Gasteiger partial charge on any atom is 0.247 e. The zero-order valence-electron chi connectivity index (χ0n) is 16.9. The highest BCUT2D eigenvalue weighted by Gasteiger charge is 2.11. The van der Waals surface area contributed by atoms with Gasteiger partial charge in [-0.05, 0) is 48.5 Å². The molecule has 0 atom stereocenters. The number of methoxy groups -OCH3 is 1. The molecular formula is C24H21N3O4. The third kappa shape index (κ3) is 5.27. The Labute approximate surface area is 179 Å². The average molecular weight is 415 g/mol. The molecule has 0 spiro atoms. The van der Waals surface area contributed by atoms with Crippen molar-refractivity contribution in [2.75, 3.05) is 12.4 Å². The predicted molar refractivity (Wildman–Crippen MR) is 116 cm³/mol. The molecule has 0 saturated heterocycles. The molecule has 0 aliphatic rings. The van der Waals surface area contributed by atoms with E-state index in [1.807, 2.05) is 54.6 Å². The van der Waals surface area contributed by atoms with E-state index in [2.05, 4.69) is 15.5 Å². The fourth-order valence-electron chi connectivity index (χ4n) is 2.93. The smallest absolute Gasteiger partial charge is 0.247 e. The Hall–Kier alpha value is -4.13. The minimum Gasteiger partial charge on any atom is -0.493 e. The predicted octanol–water partition coefficient (Wildman–Crippen LogP) is 5.11. The van der Waals surface area contributed by atoms with Crippen molar-refractivity contribution in [3.05, 3.63) is 84.8 Å². The van der Waals surface area contributed by atoms with Crippen molar-refractivity contribution < 1.29 is 18.7 Å². The summed E-state index contributed by atoms with van der Waals surface area (Å²) in [5.74, 6) is 2.64. The Balaban J connectivity index is 1.29. The van der Waals surface area contributed by atoms with Gasteiger partial charge in [0.1, 0.15) is 5.75 Å². The van der Waals surface area contributed by atoms with E-state index >= 15 is 0 Å². The second-order valence-corrected chi connectivity index (χ2v) is 6.69. The number of para-hydroxylation sites is 2. The standard InChI is InChI=1S/C24H21N3O4/c1-29-20-9-5-6-10-21(20)30-19-13-11-18(12-14-19)25-22(28)15-16-23-26-27-24(31-23)17-7-3-2-4-8-17/h2-14H,15-16H2,1H3,(H,25,28). The van der Waals surface area contributed by atoms with Gasteiger partial charge in [-0.1, -0.05) is 30.3 Å². The van der Waals surface area contributed by atoms with Crippen LogP contribution in [0, 0.1) is 0 Å². The molecule has 1 aromatic heterocycles. The van der Waals surface area contributed by atoms with Crippen LogP contribution in [0.15, 0.2) is 83.3 Å². The largest absolute Gasteiger partial charge is 0.493 e. The number of amides is 1. The summed E-state index contributed by atoms with van der Waals surface area (Å²) in [6.45, 7) is 0. The van der Waals surface area contributed by atoms with Gasteiger partial charge in [0.2, 0.25) is 17.7 Å². The van der Waals surface area contributed by atoms with Crippen LogP contribution in [0.1, 0.15) is 12.3 Å². The van der Waals surface area contributed by atoms with Crippen molar-refractivity contribution in [2.45, 2.75) is 12.8 Å². The highest BCUT2D eigenvalue weighted by molar-refractivity contribution is 5.90. The van der Waals surface area contributed by atoms with Crippen LogP contribution in [-0.2, 0) is 11.2 Å². The lowest BCUT2D eigenvalue weighted by molar-refractivity contribution is -0.116. The molecular weight excluding hydrogens is 394 g/mol. The third-order valence-corrected chi connectivity index (χ3v) is 4.49. The first-order valence-electron chi connectivity index (χ1n) is 9.80. The number of carbonyl (C=O) groups excluding carboxylic acids is 1. The molecule has 0 saturated carbocycles. The van der Waals surface area contributed by atoms with Gasteiger partial charge in [0.25, 0.3) is 0 Å². The summed E-state index contributed by atoms with van der Waals surface area (Å²) >= 11 is 0. The molecule has 1 heterocycles. The number of aryl methyl sites for hydroxylation is 1. The van der Waals surface area contributed by atoms with E-state index in [0.717, 1.165) is 5.56 Å². The van der Waals surface area contributed by atoms with Gasteiger partial charge in [0.05, 0.1) is 7.11 Å². The van der Waals surface area contributed by atoms with Gasteiger partial charge in [-0.3, -0.25) is 4.79 Å².